The van der Waals surface area contributed by atoms with Crippen LogP contribution < -0.4 is 10.6 Å². The molecule has 7 nitrogen and oxygen atoms in total. The van der Waals surface area contributed by atoms with E-state index in [9.17, 15) is 19.5 Å². The zero-order chi connectivity index (χ0) is 25.0. The molecule has 0 radical (unpaired) electrons. The first-order valence-electron chi connectivity index (χ1n) is 11.9. The molecule has 0 unspecified atom stereocenters. The molecule has 4 atom stereocenters. The van der Waals surface area contributed by atoms with Gasteiger partial charge < -0.3 is 10.4 Å². The quantitative estimate of drug-likeness (QED) is 0.466. The second kappa shape index (κ2) is 8.47. The zero-order valence-electron chi connectivity index (χ0n) is 19.3. The second-order valence-corrected chi connectivity index (χ2v) is 10.1. The lowest BCUT2D eigenvalue weighted by Crippen LogP contribution is -2.53. The highest BCUT2D eigenvalue weighted by Gasteiger charge is 2.70. The van der Waals surface area contributed by atoms with Crippen LogP contribution in [0.4, 0.5) is 5.69 Å². The number of likely N-dealkylation sites (tertiary alicyclic amines) is 1. The van der Waals surface area contributed by atoms with Gasteiger partial charge in [0.2, 0.25) is 17.7 Å². The van der Waals surface area contributed by atoms with Gasteiger partial charge in [0.15, 0.2) is 0 Å². The average molecular weight is 502 g/mol. The van der Waals surface area contributed by atoms with Gasteiger partial charge in [-0.1, -0.05) is 54.1 Å². The Labute approximate surface area is 213 Å². The van der Waals surface area contributed by atoms with Crippen molar-refractivity contribution < 1.29 is 19.5 Å². The van der Waals surface area contributed by atoms with E-state index < -0.39 is 23.4 Å². The predicted octanol–water partition coefficient (Wildman–Crippen LogP) is 3.25. The summed E-state index contributed by atoms with van der Waals surface area (Å²) in [6.45, 7) is 0.251. The van der Waals surface area contributed by atoms with Gasteiger partial charge in [0, 0.05) is 28.9 Å². The van der Waals surface area contributed by atoms with Crippen molar-refractivity contribution in [1.82, 2.24) is 10.2 Å². The molecule has 36 heavy (non-hydrogen) atoms. The fraction of sp³-hybridized carbons (Fsp3) is 0.250. The van der Waals surface area contributed by atoms with E-state index in [-0.39, 0.29) is 30.0 Å². The minimum Gasteiger partial charge on any atom is -0.508 e. The lowest BCUT2D eigenvalue weighted by molar-refractivity contribution is -0.142. The van der Waals surface area contributed by atoms with Crippen LogP contribution in [0.2, 0.25) is 5.02 Å². The van der Waals surface area contributed by atoms with Gasteiger partial charge in [0.25, 0.3) is 0 Å². The maximum absolute atomic E-state index is 13.9. The number of hydrogen-bond donors (Lipinski definition) is 3. The van der Waals surface area contributed by atoms with Crippen molar-refractivity contribution in [2.75, 3.05) is 11.9 Å². The second-order valence-electron chi connectivity index (χ2n) is 9.64. The first kappa shape index (κ1) is 22.8. The Balaban J connectivity index is 1.40. The number of phenols is 1. The molecule has 3 N–H and O–H groups in total. The maximum atomic E-state index is 13.9. The first-order chi connectivity index (χ1) is 17.4. The van der Waals surface area contributed by atoms with Crippen molar-refractivity contribution >= 4 is 35.0 Å². The number of carbonyl (C=O) groups is 3. The normalized spacial score (nSPS) is 26.4. The minimum atomic E-state index is -1.39. The van der Waals surface area contributed by atoms with Gasteiger partial charge >= 0.3 is 0 Å². The topological polar surface area (TPSA) is 98.7 Å². The molecule has 182 valence electrons. The number of benzene rings is 3. The van der Waals surface area contributed by atoms with E-state index in [1.807, 2.05) is 30.3 Å². The van der Waals surface area contributed by atoms with Crippen molar-refractivity contribution in [3.63, 3.8) is 0 Å². The third kappa shape index (κ3) is 3.42. The number of nitrogens with one attached hydrogen (secondary N) is 2. The molecule has 3 aliphatic rings. The molecule has 3 aromatic rings. The molecule has 3 amide bonds. The molecule has 0 aromatic heterocycles. The fourth-order valence-corrected chi connectivity index (χ4v) is 6.17. The van der Waals surface area contributed by atoms with Crippen LogP contribution in [0.1, 0.15) is 16.7 Å². The van der Waals surface area contributed by atoms with Crippen LogP contribution in [-0.4, -0.2) is 40.3 Å². The summed E-state index contributed by atoms with van der Waals surface area (Å²) in [4.78, 5) is 42.5. The SMILES string of the molecule is O=C1[C@H]2[C@H](Cc3ccc(O)cc3)N[C@@]3(C(=O)Nc4ccc(Cl)cc43)[C@@H]2C(=O)N1CCc1ccccc1. The number of aromatic hydroxyl groups is 1. The van der Waals surface area contributed by atoms with Crippen molar-refractivity contribution in [1.29, 1.82) is 0 Å². The monoisotopic (exact) mass is 501 g/mol. The van der Waals surface area contributed by atoms with Gasteiger partial charge in [0.05, 0.1) is 11.8 Å². The standard InChI is InChI=1S/C28H24ClN3O4/c29-18-8-11-21-20(15-18)28(27(36)30-21)24-23(22(31-28)14-17-6-9-19(33)10-7-17)25(34)32(26(24)35)13-12-16-4-2-1-3-5-16/h1-11,15,22-24,31,33H,12-14H2,(H,30,36)/t22-,23-,24-,28+/m0/s1. The van der Waals surface area contributed by atoms with E-state index >= 15 is 0 Å². The fourth-order valence-electron chi connectivity index (χ4n) is 6.00. The summed E-state index contributed by atoms with van der Waals surface area (Å²) >= 11 is 6.32. The van der Waals surface area contributed by atoms with Crippen LogP contribution in [0.15, 0.2) is 72.8 Å². The Bertz CT molecular complexity index is 1380. The first-order valence-corrected chi connectivity index (χ1v) is 12.3. The van der Waals surface area contributed by atoms with E-state index in [1.54, 1.807) is 42.5 Å². The summed E-state index contributed by atoms with van der Waals surface area (Å²) in [5, 5.41) is 16.4. The van der Waals surface area contributed by atoms with Gasteiger partial charge in [-0.15, -0.1) is 0 Å². The average Bonchev–Trinajstić information content (AvgIpc) is 3.44. The van der Waals surface area contributed by atoms with E-state index in [2.05, 4.69) is 10.6 Å². The highest BCUT2D eigenvalue weighted by atomic mass is 35.5. The van der Waals surface area contributed by atoms with Crippen LogP contribution >= 0.6 is 11.6 Å². The Hall–Kier alpha value is -3.68. The summed E-state index contributed by atoms with van der Waals surface area (Å²) in [5.41, 5.74) is 1.70. The lowest BCUT2D eigenvalue weighted by atomic mass is 9.76. The predicted molar refractivity (Wildman–Crippen MR) is 134 cm³/mol. The number of anilines is 1. The van der Waals surface area contributed by atoms with Crippen LogP contribution in [-0.2, 0) is 32.8 Å². The maximum Gasteiger partial charge on any atom is 0.250 e. The number of phenolic OH excluding ortho intramolecular Hbond substituents is 1. The number of hydrogen-bond acceptors (Lipinski definition) is 5. The molecule has 2 saturated heterocycles. The van der Waals surface area contributed by atoms with Crippen LogP contribution in [0.3, 0.4) is 0 Å². The van der Waals surface area contributed by atoms with Crippen molar-refractivity contribution in [2.45, 2.75) is 24.4 Å². The van der Waals surface area contributed by atoms with Crippen molar-refractivity contribution in [3.05, 3.63) is 94.5 Å². The van der Waals surface area contributed by atoms with Gasteiger partial charge in [-0.05, 0) is 54.3 Å². The Morgan fingerprint density at radius 3 is 2.42 bits per heavy atom. The number of fused-ring (bicyclic) bond motifs is 4. The summed E-state index contributed by atoms with van der Waals surface area (Å²) in [6, 6.07) is 21.1. The van der Waals surface area contributed by atoms with Crippen LogP contribution in [0.25, 0.3) is 0 Å². The Morgan fingerprint density at radius 2 is 1.67 bits per heavy atom. The largest absolute Gasteiger partial charge is 0.508 e. The molecule has 3 heterocycles. The third-order valence-corrected chi connectivity index (χ3v) is 7.86. The molecule has 3 aliphatic heterocycles. The molecule has 2 fully saturated rings. The number of amides is 3. The number of carbonyl (C=O) groups excluding carboxylic acids is 3. The lowest BCUT2D eigenvalue weighted by Gasteiger charge is -2.29. The van der Waals surface area contributed by atoms with Gasteiger partial charge in [-0.25, -0.2) is 0 Å². The summed E-state index contributed by atoms with van der Waals surface area (Å²) in [6.07, 6.45) is 0.952. The minimum absolute atomic E-state index is 0.144. The molecule has 3 aromatic carbocycles. The number of halogens is 1. The molecular formula is C28H24ClN3O4. The van der Waals surface area contributed by atoms with E-state index in [0.717, 1.165) is 11.1 Å². The molecule has 1 spiro atoms. The van der Waals surface area contributed by atoms with Crippen LogP contribution in [0, 0.1) is 11.8 Å². The smallest absolute Gasteiger partial charge is 0.250 e. The van der Waals surface area contributed by atoms with E-state index in [1.165, 1.54) is 4.90 Å². The molecular weight excluding hydrogens is 478 g/mol. The highest BCUT2D eigenvalue weighted by molar-refractivity contribution is 6.31. The molecule has 8 heteroatoms. The Kier molecular flexibility index (Phi) is 5.35. The van der Waals surface area contributed by atoms with Crippen molar-refractivity contribution in [2.24, 2.45) is 11.8 Å². The number of rotatable bonds is 5. The van der Waals surface area contributed by atoms with E-state index in [0.29, 0.717) is 29.1 Å². The molecule has 0 aliphatic carbocycles. The summed E-state index contributed by atoms with van der Waals surface area (Å²) < 4.78 is 0. The van der Waals surface area contributed by atoms with Gasteiger partial charge in [-0.3, -0.25) is 24.6 Å². The number of imide groups is 1. The third-order valence-electron chi connectivity index (χ3n) is 7.63. The number of nitrogens with zero attached hydrogens (tertiary/aromatic N) is 1. The van der Waals surface area contributed by atoms with Crippen molar-refractivity contribution in [3.8, 4) is 5.75 Å². The summed E-state index contributed by atoms with van der Waals surface area (Å²) in [5.74, 6) is -2.42. The van der Waals surface area contributed by atoms with Gasteiger partial charge in [0.1, 0.15) is 11.3 Å². The molecule has 6 rings (SSSR count). The van der Waals surface area contributed by atoms with E-state index in [4.69, 9.17) is 11.6 Å². The Morgan fingerprint density at radius 1 is 0.917 bits per heavy atom. The highest BCUT2D eigenvalue weighted by Crippen LogP contribution is 2.53. The molecule has 0 saturated carbocycles. The summed E-state index contributed by atoms with van der Waals surface area (Å²) in [7, 11) is 0. The van der Waals surface area contributed by atoms with Crippen LogP contribution in [0.5, 0.6) is 5.75 Å². The zero-order valence-corrected chi connectivity index (χ0v) is 20.0. The van der Waals surface area contributed by atoms with Gasteiger partial charge in [-0.2, -0.15) is 0 Å². The molecule has 0 bridgehead atoms.